The number of carbonyl (C=O) groups is 1. The number of hydrogen-bond acceptors (Lipinski definition) is 6. The molecule has 7 nitrogen and oxygen atoms in total. The maximum atomic E-state index is 12.3. The number of likely N-dealkylation sites (tertiary alicyclic amines) is 1. The number of anilines is 1. The Labute approximate surface area is 196 Å². The zero-order valence-electron chi connectivity index (χ0n) is 20.4. The van der Waals surface area contributed by atoms with Crippen LogP contribution in [0.15, 0.2) is 22.7 Å². The van der Waals surface area contributed by atoms with Gasteiger partial charge in [0.05, 0.1) is 18.9 Å². The van der Waals surface area contributed by atoms with Gasteiger partial charge in [0.15, 0.2) is 5.58 Å². The highest BCUT2D eigenvalue weighted by atomic mass is 16.6. The number of benzene rings is 1. The first-order chi connectivity index (χ1) is 15.9. The zero-order chi connectivity index (χ0) is 23.4. The van der Waals surface area contributed by atoms with Gasteiger partial charge in [-0.05, 0) is 71.4 Å². The van der Waals surface area contributed by atoms with E-state index < -0.39 is 5.60 Å². The number of amides is 1. The van der Waals surface area contributed by atoms with Crippen molar-refractivity contribution >= 4 is 28.8 Å². The highest BCUT2D eigenvalue weighted by molar-refractivity contribution is 5.93. The van der Waals surface area contributed by atoms with Gasteiger partial charge in [0.25, 0.3) is 0 Å². The lowest BCUT2D eigenvalue weighted by Crippen LogP contribution is -2.41. The molecule has 0 radical (unpaired) electrons. The molecule has 0 bridgehead atoms. The molecule has 1 aromatic heterocycles. The minimum absolute atomic E-state index is 0.198. The van der Waals surface area contributed by atoms with Crippen LogP contribution in [0.5, 0.6) is 0 Å². The van der Waals surface area contributed by atoms with Gasteiger partial charge in [0.2, 0.25) is 0 Å². The van der Waals surface area contributed by atoms with Crippen LogP contribution in [0.4, 0.5) is 10.5 Å². The lowest BCUT2D eigenvalue weighted by Gasteiger charge is -2.33. The summed E-state index contributed by atoms with van der Waals surface area (Å²) in [6, 6.07) is 4.35. The molecule has 1 aromatic carbocycles. The van der Waals surface area contributed by atoms with Crippen molar-refractivity contribution in [1.29, 1.82) is 0 Å². The fourth-order valence-electron chi connectivity index (χ4n) is 4.72. The summed E-state index contributed by atoms with van der Waals surface area (Å²) < 4.78 is 16.9. The molecule has 3 heterocycles. The Morgan fingerprint density at radius 3 is 2.58 bits per heavy atom. The van der Waals surface area contributed by atoms with E-state index in [1.165, 1.54) is 5.69 Å². The van der Waals surface area contributed by atoms with Gasteiger partial charge >= 0.3 is 6.09 Å². The SMILES string of the molecule is C/C=C\c1c(N2CCOCC2)ccc2c(CCC3CCN(C(=O)OC(C)(C)C)CC3)noc12. The number of rotatable bonds is 5. The number of fused-ring (bicyclic) bond motifs is 1. The molecule has 0 atom stereocenters. The first-order valence-electron chi connectivity index (χ1n) is 12.2. The molecule has 2 aromatic rings. The lowest BCUT2D eigenvalue weighted by atomic mass is 9.91. The largest absolute Gasteiger partial charge is 0.444 e. The molecule has 0 N–H and O–H groups in total. The second-order valence-electron chi connectivity index (χ2n) is 10.1. The van der Waals surface area contributed by atoms with Crippen molar-refractivity contribution in [3.8, 4) is 0 Å². The van der Waals surface area contributed by atoms with Gasteiger partial charge in [-0.2, -0.15) is 0 Å². The monoisotopic (exact) mass is 455 g/mol. The quantitative estimate of drug-likeness (QED) is 0.611. The number of morpholine rings is 1. The molecular weight excluding hydrogens is 418 g/mol. The molecule has 0 unspecified atom stereocenters. The Balaban J connectivity index is 1.40. The van der Waals surface area contributed by atoms with Gasteiger partial charge in [-0.3, -0.25) is 0 Å². The number of piperidine rings is 1. The maximum Gasteiger partial charge on any atom is 0.410 e. The predicted molar refractivity (Wildman–Crippen MR) is 131 cm³/mol. The van der Waals surface area contributed by atoms with Gasteiger partial charge < -0.3 is 23.8 Å². The number of ether oxygens (including phenoxy) is 2. The lowest BCUT2D eigenvalue weighted by molar-refractivity contribution is 0.0181. The smallest absolute Gasteiger partial charge is 0.410 e. The molecule has 2 aliphatic rings. The summed E-state index contributed by atoms with van der Waals surface area (Å²) in [5.41, 5.74) is 3.73. The fraction of sp³-hybridized carbons (Fsp3) is 0.615. The van der Waals surface area contributed by atoms with Crippen molar-refractivity contribution in [2.24, 2.45) is 5.92 Å². The Kier molecular flexibility index (Phi) is 7.27. The van der Waals surface area contributed by atoms with Gasteiger partial charge in [-0.15, -0.1) is 0 Å². The van der Waals surface area contributed by atoms with E-state index in [4.69, 9.17) is 14.0 Å². The molecule has 2 aliphatic heterocycles. The molecule has 0 saturated carbocycles. The normalized spacial score (nSPS) is 18.4. The van der Waals surface area contributed by atoms with Crippen LogP contribution in [0.1, 0.15) is 58.2 Å². The zero-order valence-corrected chi connectivity index (χ0v) is 20.4. The number of aromatic nitrogens is 1. The molecule has 1 amide bonds. The average molecular weight is 456 g/mol. The minimum Gasteiger partial charge on any atom is -0.444 e. The van der Waals surface area contributed by atoms with E-state index in [-0.39, 0.29) is 6.09 Å². The van der Waals surface area contributed by atoms with Crippen LogP contribution in [-0.2, 0) is 15.9 Å². The Morgan fingerprint density at radius 1 is 1.18 bits per heavy atom. The van der Waals surface area contributed by atoms with Gasteiger partial charge in [-0.1, -0.05) is 17.3 Å². The summed E-state index contributed by atoms with van der Waals surface area (Å²) in [6.45, 7) is 12.5. The molecule has 0 aliphatic carbocycles. The van der Waals surface area contributed by atoms with Crippen LogP contribution in [-0.4, -0.2) is 61.1 Å². The number of carbonyl (C=O) groups excluding carboxylic acids is 1. The third-order valence-corrected chi connectivity index (χ3v) is 6.47. The minimum atomic E-state index is -0.449. The van der Waals surface area contributed by atoms with Crippen molar-refractivity contribution in [3.63, 3.8) is 0 Å². The number of aryl methyl sites for hydroxylation is 1. The Hall–Kier alpha value is -2.54. The highest BCUT2D eigenvalue weighted by Crippen LogP contribution is 2.34. The van der Waals surface area contributed by atoms with Crippen molar-refractivity contribution in [2.75, 3.05) is 44.3 Å². The van der Waals surface area contributed by atoms with Gasteiger partial charge in [0.1, 0.15) is 5.60 Å². The van der Waals surface area contributed by atoms with Crippen molar-refractivity contribution in [1.82, 2.24) is 10.1 Å². The number of allylic oxidation sites excluding steroid dienone is 1. The third-order valence-electron chi connectivity index (χ3n) is 6.47. The van der Waals surface area contributed by atoms with E-state index in [2.05, 4.69) is 34.3 Å². The van der Waals surface area contributed by atoms with Gasteiger partial charge in [0, 0.05) is 42.8 Å². The summed E-state index contributed by atoms with van der Waals surface area (Å²) in [4.78, 5) is 16.5. The molecule has 2 fully saturated rings. The molecule has 2 saturated heterocycles. The van der Waals surface area contributed by atoms with Crippen LogP contribution in [0.2, 0.25) is 0 Å². The van der Waals surface area contributed by atoms with E-state index in [9.17, 15) is 4.79 Å². The summed E-state index contributed by atoms with van der Waals surface area (Å²) in [5.74, 6) is 0.582. The first kappa shape index (κ1) is 23.6. The van der Waals surface area contributed by atoms with Crippen molar-refractivity contribution < 1.29 is 18.8 Å². The summed E-state index contributed by atoms with van der Waals surface area (Å²) >= 11 is 0. The topological polar surface area (TPSA) is 68.0 Å². The van der Waals surface area contributed by atoms with Gasteiger partial charge in [-0.25, -0.2) is 4.79 Å². The predicted octanol–water partition coefficient (Wildman–Crippen LogP) is 5.28. The summed E-state index contributed by atoms with van der Waals surface area (Å²) in [5, 5.41) is 5.56. The summed E-state index contributed by atoms with van der Waals surface area (Å²) in [7, 11) is 0. The van der Waals surface area contributed by atoms with Crippen molar-refractivity contribution in [3.05, 3.63) is 29.5 Å². The molecule has 33 heavy (non-hydrogen) atoms. The molecular formula is C26H37N3O4. The van der Waals surface area contributed by atoms with E-state index in [1.54, 1.807) is 0 Å². The van der Waals surface area contributed by atoms with E-state index in [0.29, 0.717) is 5.92 Å². The Morgan fingerprint density at radius 2 is 1.91 bits per heavy atom. The highest BCUT2D eigenvalue weighted by Gasteiger charge is 2.27. The second-order valence-corrected chi connectivity index (χ2v) is 10.1. The average Bonchev–Trinajstić information content (AvgIpc) is 3.21. The van der Waals surface area contributed by atoms with E-state index in [1.807, 2.05) is 32.6 Å². The molecule has 180 valence electrons. The number of hydrogen-bond donors (Lipinski definition) is 0. The third kappa shape index (κ3) is 5.69. The maximum absolute atomic E-state index is 12.3. The van der Waals surface area contributed by atoms with Crippen LogP contribution in [0.3, 0.4) is 0 Å². The molecule has 0 spiro atoms. The summed E-state index contributed by atoms with van der Waals surface area (Å²) in [6.07, 6.45) is 7.91. The fourth-order valence-corrected chi connectivity index (χ4v) is 4.72. The molecule has 4 rings (SSSR count). The Bertz CT molecular complexity index is 977. The number of nitrogens with zero attached hydrogens (tertiary/aromatic N) is 3. The van der Waals surface area contributed by atoms with Crippen LogP contribution >= 0.6 is 0 Å². The standard InChI is InChI=1S/C26H37N3O4/c1-5-6-21-23(28-15-17-31-18-16-28)10-8-20-22(27-33-24(20)21)9-7-19-11-13-29(14-12-19)25(30)32-26(2,3)4/h5-6,8,10,19H,7,9,11-18H2,1-4H3/b6-5-. The van der Waals surface area contributed by atoms with Crippen molar-refractivity contribution in [2.45, 2.75) is 59.0 Å². The molecule has 7 heteroatoms. The van der Waals surface area contributed by atoms with Crippen LogP contribution in [0, 0.1) is 5.92 Å². The van der Waals surface area contributed by atoms with E-state index in [0.717, 1.165) is 87.3 Å². The first-order valence-corrected chi connectivity index (χ1v) is 12.2. The van der Waals surface area contributed by atoms with E-state index >= 15 is 0 Å². The second kappa shape index (κ2) is 10.2. The van der Waals surface area contributed by atoms with Crippen LogP contribution in [0.25, 0.3) is 17.0 Å². The van der Waals surface area contributed by atoms with Crippen LogP contribution < -0.4 is 4.90 Å².